The van der Waals surface area contributed by atoms with Gasteiger partial charge in [0.1, 0.15) is 5.25 Å². The summed E-state index contributed by atoms with van der Waals surface area (Å²) in [6.45, 7) is 4.39. The maximum Gasteiger partial charge on any atom is 0.338 e. The van der Waals surface area contributed by atoms with Gasteiger partial charge in [0.15, 0.2) is 5.17 Å². The molecule has 0 radical (unpaired) electrons. The van der Waals surface area contributed by atoms with Crippen LogP contribution in [-0.2, 0) is 14.3 Å². The van der Waals surface area contributed by atoms with Crippen LogP contribution in [0.25, 0.3) is 0 Å². The van der Waals surface area contributed by atoms with Crippen molar-refractivity contribution >= 4 is 62.0 Å². The Balaban J connectivity index is 1.73. The highest BCUT2D eigenvalue weighted by molar-refractivity contribution is 9.10. The summed E-state index contributed by atoms with van der Waals surface area (Å²) in [6.07, 6.45) is 0.0879. The normalized spacial score (nSPS) is 17.5. The molecule has 1 aliphatic rings. The van der Waals surface area contributed by atoms with Crippen LogP contribution in [0.5, 0.6) is 0 Å². The van der Waals surface area contributed by atoms with Crippen LogP contribution in [0.15, 0.2) is 58.0 Å². The average molecular weight is 504 g/mol. The lowest BCUT2D eigenvalue weighted by atomic mass is 10.2. The van der Waals surface area contributed by atoms with Crippen molar-refractivity contribution in [3.05, 3.63) is 58.6 Å². The number of benzene rings is 2. The Morgan fingerprint density at radius 1 is 1.16 bits per heavy atom. The van der Waals surface area contributed by atoms with E-state index in [1.54, 1.807) is 36.1 Å². The first-order chi connectivity index (χ1) is 14.9. The van der Waals surface area contributed by atoms with E-state index in [0.717, 1.165) is 4.47 Å². The van der Waals surface area contributed by atoms with Crippen molar-refractivity contribution < 1.29 is 19.1 Å². The fraction of sp³-hybridized carbons (Fsp3) is 0.273. The lowest BCUT2D eigenvalue weighted by Gasteiger charge is -2.30. The molecule has 2 aromatic rings. The zero-order chi connectivity index (χ0) is 22.4. The Labute approximate surface area is 193 Å². The quantitative estimate of drug-likeness (QED) is 0.581. The van der Waals surface area contributed by atoms with E-state index >= 15 is 0 Å². The molecular weight excluding hydrogens is 482 g/mol. The van der Waals surface area contributed by atoms with Crippen molar-refractivity contribution in [1.82, 2.24) is 4.90 Å². The molecule has 2 amide bonds. The number of anilines is 1. The van der Waals surface area contributed by atoms with Crippen molar-refractivity contribution in [3.63, 3.8) is 0 Å². The molecular formula is C22H22BrN3O4S. The minimum absolute atomic E-state index is 0.0879. The Kier molecular flexibility index (Phi) is 7.86. The molecule has 0 spiro atoms. The molecule has 9 heteroatoms. The Morgan fingerprint density at radius 2 is 1.84 bits per heavy atom. The average Bonchev–Trinajstić information content (AvgIpc) is 2.76. The van der Waals surface area contributed by atoms with Gasteiger partial charge in [-0.15, -0.1) is 0 Å². The van der Waals surface area contributed by atoms with E-state index in [9.17, 15) is 14.4 Å². The molecule has 31 heavy (non-hydrogen) atoms. The Morgan fingerprint density at radius 3 is 2.45 bits per heavy atom. The molecule has 0 aromatic heterocycles. The smallest absolute Gasteiger partial charge is 0.338 e. The third kappa shape index (κ3) is 5.95. The third-order valence-corrected chi connectivity index (χ3v) is 6.18. The van der Waals surface area contributed by atoms with Crippen LogP contribution in [0.2, 0.25) is 0 Å². The summed E-state index contributed by atoms with van der Waals surface area (Å²) in [5, 5.41) is 2.71. The molecule has 1 saturated heterocycles. The standard InChI is InChI=1S/C22H22BrN3O4S/c1-3-26-19(27)13-18(31-22(26)25-17-11-7-15(23)8-12-17)20(28)24-16-9-5-14(6-10-16)21(29)30-4-2/h5-12,18H,3-4,13H2,1-2H3,(H,24,28). The summed E-state index contributed by atoms with van der Waals surface area (Å²) in [5.74, 6) is -0.848. The van der Waals surface area contributed by atoms with Crippen LogP contribution in [0.4, 0.5) is 11.4 Å². The van der Waals surface area contributed by atoms with Gasteiger partial charge in [0.2, 0.25) is 11.8 Å². The number of aliphatic imine (C=N–C) groups is 1. The fourth-order valence-electron chi connectivity index (χ4n) is 2.91. The molecule has 3 rings (SSSR count). The van der Waals surface area contributed by atoms with Gasteiger partial charge >= 0.3 is 5.97 Å². The van der Waals surface area contributed by atoms with E-state index < -0.39 is 11.2 Å². The van der Waals surface area contributed by atoms with E-state index in [0.29, 0.717) is 35.3 Å². The van der Waals surface area contributed by atoms with Gasteiger partial charge in [0, 0.05) is 23.1 Å². The van der Waals surface area contributed by atoms with Gasteiger partial charge in [-0.05, 0) is 62.4 Å². The summed E-state index contributed by atoms with van der Waals surface area (Å²) in [7, 11) is 0. The number of carbonyl (C=O) groups excluding carboxylic acids is 3. The lowest BCUT2D eigenvalue weighted by molar-refractivity contribution is -0.129. The minimum Gasteiger partial charge on any atom is -0.462 e. The summed E-state index contributed by atoms with van der Waals surface area (Å²) in [6, 6.07) is 13.9. The summed E-state index contributed by atoms with van der Waals surface area (Å²) < 4.78 is 5.89. The number of carbonyl (C=O) groups is 3. The number of esters is 1. The molecule has 0 aliphatic carbocycles. The molecule has 0 saturated carbocycles. The van der Waals surface area contributed by atoms with E-state index in [4.69, 9.17) is 4.74 Å². The van der Waals surface area contributed by atoms with Crippen LogP contribution in [0, 0.1) is 0 Å². The summed E-state index contributed by atoms with van der Waals surface area (Å²) in [4.78, 5) is 43.4. The largest absolute Gasteiger partial charge is 0.462 e. The van der Waals surface area contributed by atoms with E-state index in [2.05, 4.69) is 26.2 Å². The Hall–Kier alpha value is -2.65. The van der Waals surface area contributed by atoms with Crippen LogP contribution >= 0.6 is 27.7 Å². The van der Waals surface area contributed by atoms with E-state index in [1.165, 1.54) is 11.8 Å². The van der Waals surface area contributed by atoms with Crippen molar-refractivity contribution in [3.8, 4) is 0 Å². The predicted molar refractivity (Wildman–Crippen MR) is 126 cm³/mol. The van der Waals surface area contributed by atoms with Crippen LogP contribution in [0.3, 0.4) is 0 Å². The van der Waals surface area contributed by atoms with E-state index in [-0.39, 0.29) is 18.2 Å². The second-order valence-electron chi connectivity index (χ2n) is 6.61. The van der Waals surface area contributed by atoms with E-state index in [1.807, 2.05) is 31.2 Å². The molecule has 162 valence electrons. The molecule has 1 N–H and O–H groups in total. The number of hydrogen-bond donors (Lipinski definition) is 1. The first-order valence-electron chi connectivity index (χ1n) is 9.80. The third-order valence-electron chi connectivity index (χ3n) is 4.46. The fourth-order valence-corrected chi connectivity index (χ4v) is 4.33. The summed E-state index contributed by atoms with van der Waals surface area (Å²) in [5.41, 5.74) is 1.65. The van der Waals surface area contributed by atoms with Gasteiger partial charge in [-0.25, -0.2) is 9.79 Å². The van der Waals surface area contributed by atoms with Gasteiger partial charge in [0.25, 0.3) is 0 Å². The summed E-state index contributed by atoms with van der Waals surface area (Å²) >= 11 is 4.66. The number of rotatable bonds is 6. The topological polar surface area (TPSA) is 88.1 Å². The number of nitrogens with one attached hydrogen (secondary N) is 1. The molecule has 1 fully saturated rings. The highest BCUT2D eigenvalue weighted by atomic mass is 79.9. The van der Waals surface area contributed by atoms with Gasteiger partial charge in [-0.2, -0.15) is 0 Å². The molecule has 2 aromatic carbocycles. The minimum atomic E-state index is -0.603. The van der Waals surface area contributed by atoms with Crippen LogP contribution < -0.4 is 5.32 Å². The number of nitrogens with zero attached hydrogens (tertiary/aromatic N) is 2. The molecule has 1 aliphatic heterocycles. The maximum absolute atomic E-state index is 12.8. The predicted octanol–water partition coefficient (Wildman–Crippen LogP) is 4.61. The molecule has 7 nitrogen and oxygen atoms in total. The van der Waals surface area contributed by atoms with Crippen LogP contribution in [0.1, 0.15) is 30.6 Å². The zero-order valence-corrected chi connectivity index (χ0v) is 19.5. The molecule has 1 unspecified atom stereocenters. The van der Waals surface area contributed by atoms with Gasteiger partial charge < -0.3 is 10.1 Å². The van der Waals surface area contributed by atoms with Gasteiger partial charge in [0.05, 0.1) is 17.9 Å². The second kappa shape index (κ2) is 10.6. The van der Waals surface area contributed by atoms with Crippen molar-refractivity contribution in [2.24, 2.45) is 4.99 Å². The van der Waals surface area contributed by atoms with Crippen molar-refractivity contribution in [1.29, 1.82) is 0 Å². The number of ether oxygens (including phenoxy) is 1. The number of amides is 2. The number of hydrogen-bond acceptors (Lipinski definition) is 6. The SMILES string of the molecule is CCOC(=O)c1ccc(NC(=O)C2CC(=O)N(CC)C(=Nc3ccc(Br)cc3)S2)cc1. The molecule has 0 bridgehead atoms. The monoisotopic (exact) mass is 503 g/mol. The Bertz CT molecular complexity index is 993. The number of thioether (sulfide) groups is 1. The molecule has 1 atom stereocenters. The zero-order valence-electron chi connectivity index (χ0n) is 17.1. The highest BCUT2D eigenvalue weighted by Crippen LogP contribution is 2.30. The van der Waals surface area contributed by atoms with Gasteiger partial charge in [-0.3, -0.25) is 14.5 Å². The van der Waals surface area contributed by atoms with Crippen molar-refractivity contribution in [2.45, 2.75) is 25.5 Å². The number of halogens is 1. The maximum atomic E-state index is 12.8. The van der Waals surface area contributed by atoms with Crippen LogP contribution in [-0.4, -0.2) is 46.3 Å². The number of amidine groups is 1. The van der Waals surface area contributed by atoms with Gasteiger partial charge in [-0.1, -0.05) is 27.7 Å². The first-order valence-corrected chi connectivity index (χ1v) is 11.5. The second-order valence-corrected chi connectivity index (χ2v) is 8.69. The lowest BCUT2D eigenvalue weighted by Crippen LogP contribution is -2.45. The van der Waals surface area contributed by atoms with Crippen molar-refractivity contribution in [2.75, 3.05) is 18.5 Å². The highest BCUT2D eigenvalue weighted by Gasteiger charge is 2.35. The molecule has 1 heterocycles. The first kappa shape index (κ1) is 23.0.